The van der Waals surface area contributed by atoms with Crippen LogP contribution in [0, 0.1) is 6.92 Å². The molecule has 3 rings (SSSR count). The summed E-state index contributed by atoms with van der Waals surface area (Å²) in [4.78, 5) is 26.3. The molecular formula is C19H26N2O6S. The van der Waals surface area contributed by atoms with Gasteiger partial charge in [0.15, 0.2) is 6.61 Å². The molecule has 0 N–H and O–H groups in total. The second kappa shape index (κ2) is 9.02. The summed E-state index contributed by atoms with van der Waals surface area (Å²) in [6, 6.07) is 4.45. The van der Waals surface area contributed by atoms with Crippen LogP contribution >= 0.6 is 0 Å². The van der Waals surface area contributed by atoms with E-state index in [0.29, 0.717) is 45.0 Å². The van der Waals surface area contributed by atoms with Gasteiger partial charge < -0.3 is 14.4 Å². The fourth-order valence-corrected chi connectivity index (χ4v) is 4.89. The molecule has 2 aliphatic heterocycles. The summed E-state index contributed by atoms with van der Waals surface area (Å²) in [6.07, 6.45) is 2.70. The second-order valence-corrected chi connectivity index (χ2v) is 8.95. The Bertz CT molecular complexity index is 827. The van der Waals surface area contributed by atoms with Crippen molar-refractivity contribution in [3.8, 4) is 0 Å². The highest BCUT2D eigenvalue weighted by atomic mass is 32.2. The third-order valence-corrected chi connectivity index (χ3v) is 6.97. The van der Waals surface area contributed by atoms with Crippen LogP contribution in [0.1, 0.15) is 35.2 Å². The molecule has 9 heteroatoms. The number of carbonyl (C=O) groups is 2. The number of sulfonamides is 1. The van der Waals surface area contributed by atoms with E-state index in [1.54, 1.807) is 17.9 Å². The van der Waals surface area contributed by atoms with Crippen LogP contribution < -0.4 is 0 Å². The Balaban J connectivity index is 1.70. The van der Waals surface area contributed by atoms with Gasteiger partial charge in [-0.25, -0.2) is 13.2 Å². The van der Waals surface area contributed by atoms with E-state index in [1.165, 1.54) is 16.4 Å². The van der Waals surface area contributed by atoms with Crippen molar-refractivity contribution in [2.45, 2.75) is 31.1 Å². The van der Waals surface area contributed by atoms with Crippen LogP contribution in [0.5, 0.6) is 0 Å². The van der Waals surface area contributed by atoms with Crippen molar-refractivity contribution >= 4 is 21.9 Å². The third-order valence-electron chi connectivity index (χ3n) is 5.07. The zero-order valence-corrected chi connectivity index (χ0v) is 16.9. The Kier molecular flexibility index (Phi) is 6.69. The highest BCUT2D eigenvalue weighted by molar-refractivity contribution is 7.89. The Morgan fingerprint density at radius 1 is 1.07 bits per heavy atom. The molecule has 0 bridgehead atoms. The monoisotopic (exact) mass is 410 g/mol. The van der Waals surface area contributed by atoms with Gasteiger partial charge in [-0.1, -0.05) is 12.5 Å². The average molecular weight is 410 g/mol. The number of amides is 1. The molecule has 2 aliphatic rings. The SMILES string of the molecule is Cc1ccc(S(=O)(=O)N2CCCCC2)cc1C(=O)OCC(=O)N1CCOCC1. The molecule has 2 fully saturated rings. The molecule has 1 aromatic carbocycles. The largest absolute Gasteiger partial charge is 0.452 e. The summed E-state index contributed by atoms with van der Waals surface area (Å²) in [5.41, 5.74) is 0.759. The fourth-order valence-electron chi connectivity index (χ4n) is 3.34. The van der Waals surface area contributed by atoms with E-state index in [1.807, 2.05) is 0 Å². The number of nitrogens with zero attached hydrogens (tertiary/aromatic N) is 2. The van der Waals surface area contributed by atoms with Crippen LogP contribution in [-0.2, 0) is 24.3 Å². The maximum Gasteiger partial charge on any atom is 0.338 e. The molecule has 0 atom stereocenters. The lowest BCUT2D eigenvalue weighted by Crippen LogP contribution is -2.42. The van der Waals surface area contributed by atoms with Crippen LogP contribution in [-0.4, -0.2) is 75.5 Å². The number of ether oxygens (including phenoxy) is 2. The lowest BCUT2D eigenvalue weighted by Gasteiger charge is -2.26. The van der Waals surface area contributed by atoms with Crippen molar-refractivity contribution in [3.63, 3.8) is 0 Å². The molecule has 1 amide bonds. The number of esters is 1. The van der Waals surface area contributed by atoms with Gasteiger partial charge in [0.2, 0.25) is 10.0 Å². The molecule has 2 heterocycles. The molecule has 0 aliphatic carbocycles. The fraction of sp³-hybridized carbons (Fsp3) is 0.579. The van der Waals surface area contributed by atoms with Crippen molar-refractivity contribution in [2.75, 3.05) is 46.0 Å². The van der Waals surface area contributed by atoms with Crippen molar-refractivity contribution in [1.82, 2.24) is 9.21 Å². The maximum absolute atomic E-state index is 12.8. The molecular weight excluding hydrogens is 384 g/mol. The topological polar surface area (TPSA) is 93.2 Å². The predicted molar refractivity (Wildman–Crippen MR) is 101 cm³/mol. The first-order valence-corrected chi connectivity index (χ1v) is 11.0. The normalized spacial score (nSPS) is 18.7. The minimum atomic E-state index is -3.65. The van der Waals surface area contributed by atoms with E-state index in [4.69, 9.17) is 9.47 Å². The summed E-state index contributed by atoms with van der Waals surface area (Å²) in [7, 11) is -3.65. The number of hydrogen-bond acceptors (Lipinski definition) is 6. The summed E-state index contributed by atoms with van der Waals surface area (Å²) in [5, 5.41) is 0. The predicted octanol–water partition coefficient (Wildman–Crippen LogP) is 1.19. The number of hydrogen-bond donors (Lipinski definition) is 0. The van der Waals surface area contributed by atoms with Crippen LogP contribution in [0.2, 0.25) is 0 Å². The van der Waals surface area contributed by atoms with Gasteiger partial charge >= 0.3 is 5.97 Å². The molecule has 0 saturated carbocycles. The summed E-state index contributed by atoms with van der Waals surface area (Å²) in [5.74, 6) is -0.985. The number of rotatable bonds is 5. The highest BCUT2D eigenvalue weighted by Crippen LogP contribution is 2.23. The molecule has 0 radical (unpaired) electrons. The van der Waals surface area contributed by atoms with Gasteiger partial charge in [0.1, 0.15) is 0 Å². The first-order chi connectivity index (χ1) is 13.4. The minimum absolute atomic E-state index is 0.0754. The first-order valence-electron chi connectivity index (χ1n) is 9.53. The summed E-state index contributed by atoms with van der Waals surface area (Å²) < 4.78 is 37.5. The molecule has 8 nitrogen and oxygen atoms in total. The van der Waals surface area contributed by atoms with E-state index in [0.717, 1.165) is 19.3 Å². The maximum atomic E-state index is 12.8. The van der Waals surface area contributed by atoms with Gasteiger partial charge in [0.05, 0.1) is 23.7 Å². The Morgan fingerprint density at radius 3 is 2.43 bits per heavy atom. The number of benzene rings is 1. The van der Waals surface area contributed by atoms with Crippen LogP contribution in [0.25, 0.3) is 0 Å². The third kappa shape index (κ3) is 4.71. The van der Waals surface area contributed by atoms with Gasteiger partial charge in [-0.15, -0.1) is 0 Å². The van der Waals surface area contributed by atoms with E-state index in [9.17, 15) is 18.0 Å². The standard InChI is InChI=1S/C19H26N2O6S/c1-15-5-6-16(28(24,25)21-7-3-2-4-8-21)13-17(15)19(23)27-14-18(22)20-9-11-26-12-10-20/h5-6,13H,2-4,7-12,14H2,1H3. The average Bonchev–Trinajstić information content (AvgIpc) is 2.73. The first kappa shape index (κ1) is 20.8. The Morgan fingerprint density at radius 2 is 1.75 bits per heavy atom. The van der Waals surface area contributed by atoms with Crippen molar-refractivity contribution < 1.29 is 27.5 Å². The molecule has 0 spiro atoms. The van der Waals surface area contributed by atoms with E-state index in [-0.39, 0.29) is 23.0 Å². The zero-order chi connectivity index (χ0) is 20.1. The van der Waals surface area contributed by atoms with Crippen LogP contribution in [0.4, 0.5) is 0 Å². The van der Waals surface area contributed by atoms with Crippen molar-refractivity contribution in [2.24, 2.45) is 0 Å². The van der Waals surface area contributed by atoms with Gasteiger partial charge in [-0.05, 0) is 37.5 Å². The summed E-state index contributed by atoms with van der Waals surface area (Å²) >= 11 is 0. The van der Waals surface area contributed by atoms with Crippen LogP contribution in [0.15, 0.2) is 23.1 Å². The zero-order valence-electron chi connectivity index (χ0n) is 16.1. The Hall–Kier alpha value is -1.97. The van der Waals surface area contributed by atoms with E-state index in [2.05, 4.69) is 0 Å². The minimum Gasteiger partial charge on any atom is -0.452 e. The van der Waals surface area contributed by atoms with Gasteiger partial charge in [-0.3, -0.25) is 4.79 Å². The smallest absolute Gasteiger partial charge is 0.338 e. The van der Waals surface area contributed by atoms with Crippen LogP contribution in [0.3, 0.4) is 0 Å². The lowest BCUT2D eigenvalue weighted by atomic mass is 10.1. The second-order valence-electron chi connectivity index (χ2n) is 7.01. The molecule has 154 valence electrons. The number of morpholine rings is 1. The van der Waals surface area contributed by atoms with E-state index >= 15 is 0 Å². The molecule has 0 aromatic heterocycles. The van der Waals surface area contributed by atoms with Gasteiger partial charge in [0, 0.05) is 26.2 Å². The molecule has 1 aromatic rings. The molecule has 0 unspecified atom stereocenters. The quantitative estimate of drug-likeness (QED) is 0.677. The molecule has 28 heavy (non-hydrogen) atoms. The lowest BCUT2D eigenvalue weighted by molar-refractivity contribution is -0.138. The number of piperidine rings is 1. The summed E-state index contributed by atoms with van der Waals surface area (Å²) in [6.45, 7) is 4.19. The number of aryl methyl sites for hydroxylation is 1. The number of carbonyl (C=O) groups excluding carboxylic acids is 2. The highest BCUT2D eigenvalue weighted by Gasteiger charge is 2.27. The van der Waals surface area contributed by atoms with Crippen molar-refractivity contribution in [1.29, 1.82) is 0 Å². The van der Waals surface area contributed by atoms with Gasteiger partial charge in [-0.2, -0.15) is 4.31 Å². The Labute approximate surface area is 165 Å². The van der Waals surface area contributed by atoms with Gasteiger partial charge in [0.25, 0.3) is 5.91 Å². The van der Waals surface area contributed by atoms with E-state index < -0.39 is 16.0 Å². The van der Waals surface area contributed by atoms with Crippen molar-refractivity contribution in [3.05, 3.63) is 29.3 Å². The molecule has 2 saturated heterocycles.